The Hall–Kier alpha value is -2.87. The summed E-state index contributed by atoms with van der Waals surface area (Å²) in [6, 6.07) is 20.2. The number of nitrogens with one attached hydrogen (secondary N) is 1. The van der Waals surface area contributed by atoms with Gasteiger partial charge in [0.15, 0.2) is 0 Å². The van der Waals surface area contributed by atoms with E-state index in [4.69, 9.17) is 23.2 Å². The molecule has 6 nitrogen and oxygen atoms in total. The number of sulfonamides is 1. The van der Waals surface area contributed by atoms with E-state index >= 15 is 0 Å². The molecule has 0 aliphatic rings. The van der Waals surface area contributed by atoms with Gasteiger partial charge in [-0.15, -0.1) is 0 Å². The molecule has 0 atom stereocenters. The summed E-state index contributed by atoms with van der Waals surface area (Å²) in [7, 11) is -3.54. The summed E-state index contributed by atoms with van der Waals surface area (Å²) in [5.41, 5.74) is 4.80. The Morgan fingerprint density at radius 3 is 2.03 bits per heavy atom. The van der Waals surface area contributed by atoms with E-state index in [1.807, 2.05) is 0 Å². The largest absolute Gasteiger partial charge is 0.271 e. The van der Waals surface area contributed by atoms with Crippen LogP contribution in [-0.2, 0) is 16.6 Å². The van der Waals surface area contributed by atoms with E-state index in [1.54, 1.807) is 72.8 Å². The molecule has 1 N–H and O–H groups in total. The highest BCUT2D eigenvalue weighted by atomic mass is 35.5. The zero-order chi connectivity index (χ0) is 22.4. The molecule has 3 rings (SSSR count). The maximum Gasteiger partial charge on any atom is 0.271 e. The number of anilines is 1. The van der Waals surface area contributed by atoms with E-state index in [2.05, 4.69) is 10.5 Å². The summed E-state index contributed by atoms with van der Waals surface area (Å²) in [5.74, 6) is -0.416. The van der Waals surface area contributed by atoms with Crippen LogP contribution >= 0.6 is 23.2 Å². The molecular weight excluding hydrogens is 457 g/mol. The molecule has 9 heteroatoms. The van der Waals surface area contributed by atoms with Gasteiger partial charge in [-0.05, 0) is 59.7 Å². The molecule has 160 valence electrons. The van der Waals surface area contributed by atoms with Gasteiger partial charge >= 0.3 is 0 Å². The average molecular weight is 476 g/mol. The zero-order valence-electron chi connectivity index (χ0n) is 16.5. The fourth-order valence-corrected chi connectivity index (χ4v) is 3.85. The lowest BCUT2D eigenvalue weighted by Gasteiger charge is -2.22. The van der Waals surface area contributed by atoms with Crippen LogP contribution in [0, 0.1) is 0 Å². The maximum atomic E-state index is 12.3. The van der Waals surface area contributed by atoms with Crippen LogP contribution in [0.5, 0.6) is 0 Å². The third kappa shape index (κ3) is 6.55. The van der Waals surface area contributed by atoms with Crippen LogP contribution in [0.25, 0.3) is 0 Å². The average Bonchev–Trinajstić information content (AvgIpc) is 2.74. The van der Waals surface area contributed by atoms with Crippen LogP contribution in [0.4, 0.5) is 5.69 Å². The van der Waals surface area contributed by atoms with Gasteiger partial charge in [0.05, 0.1) is 24.7 Å². The number of carbonyl (C=O) groups excluding carboxylic acids is 1. The van der Waals surface area contributed by atoms with Gasteiger partial charge in [0, 0.05) is 15.6 Å². The Balaban J connectivity index is 1.70. The SMILES string of the molecule is CS(=O)(=O)N(Cc1ccc(Cl)cc1)c1ccc(C(=O)N/N=C\c2ccc(Cl)cc2)cc1. The van der Waals surface area contributed by atoms with E-state index in [-0.39, 0.29) is 6.54 Å². The van der Waals surface area contributed by atoms with Crippen molar-refractivity contribution in [2.24, 2.45) is 5.10 Å². The van der Waals surface area contributed by atoms with Gasteiger partial charge in [-0.2, -0.15) is 5.10 Å². The number of hydrogen-bond acceptors (Lipinski definition) is 4. The number of benzene rings is 3. The molecule has 0 aliphatic carbocycles. The van der Waals surface area contributed by atoms with Crippen molar-refractivity contribution in [1.29, 1.82) is 0 Å². The Kier molecular flexibility index (Phi) is 7.33. The fraction of sp³-hybridized carbons (Fsp3) is 0.0909. The van der Waals surface area contributed by atoms with E-state index in [9.17, 15) is 13.2 Å². The molecule has 0 fully saturated rings. The molecule has 3 aromatic rings. The minimum absolute atomic E-state index is 0.146. The molecule has 0 spiro atoms. The molecule has 0 bridgehead atoms. The first kappa shape index (κ1) is 22.8. The third-order valence-corrected chi connectivity index (χ3v) is 5.95. The molecular formula is C22H19Cl2N3O3S. The summed E-state index contributed by atoms with van der Waals surface area (Å²) in [6.45, 7) is 0.146. The Labute approximate surface area is 191 Å². The predicted octanol–water partition coefficient (Wildman–Crippen LogP) is 4.72. The molecule has 3 aromatic carbocycles. The first-order valence-electron chi connectivity index (χ1n) is 9.13. The summed E-state index contributed by atoms with van der Waals surface area (Å²) < 4.78 is 25.9. The number of amides is 1. The van der Waals surface area contributed by atoms with Gasteiger partial charge in [0.25, 0.3) is 5.91 Å². The highest BCUT2D eigenvalue weighted by molar-refractivity contribution is 7.92. The molecule has 0 aliphatic heterocycles. The normalized spacial score (nSPS) is 11.5. The smallest absolute Gasteiger partial charge is 0.267 e. The Morgan fingerprint density at radius 2 is 1.48 bits per heavy atom. The van der Waals surface area contributed by atoms with E-state index in [1.165, 1.54) is 10.5 Å². The van der Waals surface area contributed by atoms with Crippen molar-refractivity contribution < 1.29 is 13.2 Å². The van der Waals surface area contributed by atoms with Crippen molar-refractivity contribution in [3.63, 3.8) is 0 Å². The molecule has 0 saturated carbocycles. The van der Waals surface area contributed by atoms with Crippen molar-refractivity contribution in [2.75, 3.05) is 10.6 Å². The molecule has 0 saturated heterocycles. The van der Waals surface area contributed by atoms with Crippen molar-refractivity contribution >= 4 is 51.0 Å². The van der Waals surface area contributed by atoms with Gasteiger partial charge in [0.2, 0.25) is 10.0 Å². The minimum atomic E-state index is -3.54. The fourth-order valence-electron chi connectivity index (χ4n) is 2.71. The van der Waals surface area contributed by atoms with Gasteiger partial charge in [-0.1, -0.05) is 47.5 Å². The second-order valence-corrected chi connectivity index (χ2v) is 9.47. The maximum absolute atomic E-state index is 12.3. The molecule has 0 aromatic heterocycles. The van der Waals surface area contributed by atoms with Gasteiger partial charge in [0.1, 0.15) is 0 Å². The highest BCUT2D eigenvalue weighted by Gasteiger charge is 2.18. The van der Waals surface area contributed by atoms with Gasteiger partial charge < -0.3 is 0 Å². The predicted molar refractivity (Wildman–Crippen MR) is 125 cm³/mol. The number of rotatable bonds is 7. The summed E-state index contributed by atoms with van der Waals surface area (Å²) in [5, 5.41) is 5.11. The van der Waals surface area contributed by atoms with Gasteiger partial charge in [-0.3, -0.25) is 9.10 Å². The van der Waals surface area contributed by atoms with Crippen LogP contribution in [0.2, 0.25) is 10.0 Å². The van der Waals surface area contributed by atoms with Crippen LogP contribution < -0.4 is 9.73 Å². The van der Waals surface area contributed by atoms with E-state index in [0.29, 0.717) is 21.3 Å². The van der Waals surface area contributed by atoms with E-state index in [0.717, 1.165) is 17.4 Å². The van der Waals surface area contributed by atoms with Crippen molar-refractivity contribution in [2.45, 2.75) is 6.54 Å². The van der Waals surface area contributed by atoms with Crippen LogP contribution in [0.15, 0.2) is 77.9 Å². The summed E-state index contributed by atoms with van der Waals surface area (Å²) in [4.78, 5) is 12.3. The lowest BCUT2D eigenvalue weighted by Crippen LogP contribution is -2.29. The van der Waals surface area contributed by atoms with E-state index < -0.39 is 15.9 Å². The zero-order valence-corrected chi connectivity index (χ0v) is 18.8. The first-order chi connectivity index (χ1) is 14.7. The summed E-state index contributed by atoms with van der Waals surface area (Å²) >= 11 is 11.7. The van der Waals surface area contributed by atoms with Crippen molar-refractivity contribution in [3.8, 4) is 0 Å². The van der Waals surface area contributed by atoms with Crippen LogP contribution in [0.1, 0.15) is 21.5 Å². The lowest BCUT2D eigenvalue weighted by atomic mass is 10.2. The summed E-state index contributed by atoms with van der Waals surface area (Å²) in [6.07, 6.45) is 2.63. The number of halogens is 2. The Morgan fingerprint density at radius 1 is 0.935 bits per heavy atom. The number of carbonyl (C=O) groups is 1. The minimum Gasteiger partial charge on any atom is -0.267 e. The Bertz CT molecular complexity index is 1180. The van der Waals surface area contributed by atoms with Gasteiger partial charge in [-0.25, -0.2) is 13.8 Å². The molecule has 1 amide bonds. The topological polar surface area (TPSA) is 78.8 Å². The monoisotopic (exact) mass is 475 g/mol. The number of hydrazone groups is 1. The number of hydrogen-bond donors (Lipinski definition) is 1. The second-order valence-electron chi connectivity index (χ2n) is 6.69. The van der Waals surface area contributed by atoms with Crippen LogP contribution in [0.3, 0.4) is 0 Å². The van der Waals surface area contributed by atoms with Crippen LogP contribution in [-0.4, -0.2) is 26.8 Å². The standard InChI is InChI=1S/C22H19Cl2N3O3S/c1-31(29,30)27(15-17-4-10-20(24)11-5-17)21-12-6-18(7-13-21)22(28)26-25-14-16-2-8-19(23)9-3-16/h2-14H,15H2,1H3,(H,26,28)/b25-14-. The first-order valence-corrected chi connectivity index (χ1v) is 11.7. The van der Waals surface area contributed by atoms with Crippen molar-refractivity contribution in [3.05, 3.63) is 99.5 Å². The molecule has 0 radical (unpaired) electrons. The quantitative estimate of drug-likeness (QED) is 0.396. The third-order valence-electron chi connectivity index (χ3n) is 4.31. The lowest BCUT2D eigenvalue weighted by molar-refractivity contribution is 0.0955. The molecule has 0 heterocycles. The molecule has 0 unspecified atom stereocenters. The molecule has 31 heavy (non-hydrogen) atoms. The highest BCUT2D eigenvalue weighted by Crippen LogP contribution is 2.22. The second kappa shape index (κ2) is 9.96. The van der Waals surface area contributed by atoms with Crippen molar-refractivity contribution in [1.82, 2.24) is 5.43 Å². The number of nitrogens with zero attached hydrogens (tertiary/aromatic N) is 2.